The molecule has 0 atom stereocenters. The Labute approximate surface area is 117 Å². The van der Waals surface area contributed by atoms with E-state index in [9.17, 15) is 4.79 Å². The predicted octanol–water partition coefficient (Wildman–Crippen LogP) is 1.78. The van der Waals surface area contributed by atoms with Gasteiger partial charge in [0, 0.05) is 18.8 Å². The van der Waals surface area contributed by atoms with Crippen LogP contribution in [-0.4, -0.2) is 42.2 Å². The Balaban J connectivity index is 2.21. The van der Waals surface area contributed by atoms with Crippen LogP contribution >= 0.6 is 11.8 Å². The number of nitrogen functional groups attached to an aromatic ring is 1. The van der Waals surface area contributed by atoms with E-state index in [1.165, 1.54) is 5.75 Å². The summed E-state index contributed by atoms with van der Waals surface area (Å²) in [7, 11) is 0. The molecule has 2 heterocycles. The summed E-state index contributed by atoms with van der Waals surface area (Å²) < 4.78 is 5.01. The van der Waals surface area contributed by atoms with Crippen LogP contribution in [0.5, 0.6) is 0 Å². The fourth-order valence-corrected chi connectivity index (χ4v) is 2.88. The first-order valence-electron chi connectivity index (χ1n) is 6.47. The van der Waals surface area contributed by atoms with Gasteiger partial charge in [0.15, 0.2) is 0 Å². The molecule has 0 radical (unpaired) electrons. The van der Waals surface area contributed by atoms with E-state index in [1.807, 2.05) is 11.8 Å². The number of esters is 1. The lowest BCUT2D eigenvalue weighted by atomic mass is 10.2. The molecule has 0 unspecified atom stereocenters. The second kappa shape index (κ2) is 6.65. The first-order chi connectivity index (χ1) is 9.22. The number of carbonyl (C=O) groups excluding carboxylic acids is 1. The third-order valence-electron chi connectivity index (χ3n) is 2.96. The van der Waals surface area contributed by atoms with Gasteiger partial charge in [-0.05, 0) is 25.2 Å². The van der Waals surface area contributed by atoms with E-state index >= 15 is 0 Å². The zero-order valence-corrected chi connectivity index (χ0v) is 11.9. The van der Waals surface area contributed by atoms with Crippen LogP contribution in [0.2, 0.25) is 0 Å². The van der Waals surface area contributed by atoms with Gasteiger partial charge in [-0.1, -0.05) is 0 Å². The topological polar surface area (TPSA) is 68.5 Å². The molecule has 0 aromatic carbocycles. The summed E-state index contributed by atoms with van der Waals surface area (Å²) in [4.78, 5) is 18.3. The van der Waals surface area contributed by atoms with Crippen molar-refractivity contribution in [2.75, 3.05) is 41.8 Å². The van der Waals surface area contributed by atoms with E-state index in [2.05, 4.69) is 9.88 Å². The second-order valence-electron chi connectivity index (χ2n) is 4.30. The molecule has 104 valence electrons. The summed E-state index contributed by atoms with van der Waals surface area (Å²) in [5.41, 5.74) is 6.57. The highest BCUT2D eigenvalue weighted by Gasteiger charge is 2.16. The largest absolute Gasteiger partial charge is 0.462 e. The zero-order valence-electron chi connectivity index (χ0n) is 11.1. The van der Waals surface area contributed by atoms with Crippen molar-refractivity contribution in [3.63, 3.8) is 0 Å². The number of carbonyl (C=O) groups is 1. The van der Waals surface area contributed by atoms with E-state index in [0.717, 1.165) is 31.1 Å². The number of nitrogens with two attached hydrogens (primary N) is 1. The fourth-order valence-electron chi connectivity index (χ4n) is 1.99. The van der Waals surface area contributed by atoms with Crippen LogP contribution in [0.15, 0.2) is 12.3 Å². The maximum absolute atomic E-state index is 11.8. The van der Waals surface area contributed by atoms with E-state index < -0.39 is 0 Å². The van der Waals surface area contributed by atoms with Crippen molar-refractivity contribution < 1.29 is 9.53 Å². The molecular formula is C13H19N3O2S. The maximum Gasteiger partial charge on any atom is 0.340 e. The van der Waals surface area contributed by atoms with Crippen molar-refractivity contribution in [3.8, 4) is 0 Å². The first kappa shape index (κ1) is 14.0. The average molecular weight is 281 g/mol. The summed E-state index contributed by atoms with van der Waals surface area (Å²) in [6.07, 6.45) is 2.67. The van der Waals surface area contributed by atoms with Crippen molar-refractivity contribution in [2.24, 2.45) is 0 Å². The molecule has 1 fully saturated rings. The molecule has 1 aliphatic heterocycles. The Kier molecular flexibility index (Phi) is 4.90. The van der Waals surface area contributed by atoms with Gasteiger partial charge in [-0.3, -0.25) is 0 Å². The molecule has 0 bridgehead atoms. The van der Waals surface area contributed by atoms with Crippen molar-refractivity contribution in [1.29, 1.82) is 0 Å². The van der Waals surface area contributed by atoms with Crippen LogP contribution in [0.25, 0.3) is 0 Å². The summed E-state index contributed by atoms with van der Waals surface area (Å²) in [6, 6.07) is 1.74. The van der Waals surface area contributed by atoms with Crippen LogP contribution in [0.4, 0.5) is 11.5 Å². The molecule has 19 heavy (non-hydrogen) atoms. The van der Waals surface area contributed by atoms with Crippen LogP contribution in [0, 0.1) is 0 Å². The minimum Gasteiger partial charge on any atom is -0.462 e. The average Bonchev–Trinajstić information content (AvgIpc) is 2.68. The highest BCUT2D eigenvalue weighted by Crippen LogP contribution is 2.21. The van der Waals surface area contributed by atoms with Crippen molar-refractivity contribution in [2.45, 2.75) is 13.3 Å². The van der Waals surface area contributed by atoms with Gasteiger partial charge < -0.3 is 15.4 Å². The van der Waals surface area contributed by atoms with Crippen LogP contribution in [0.3, 0.4) is 0 Å². The van der Waals surface area contributed by atoms with Crippen LogP contribution in [0.1, 0.15) is 23.7 Å². The lowest BCUT2D eigenvalue weighted by Crippen LogP contribution is -2.27. The van der Waals surface area contributed by atoms with Gasteiger partial charge in [0.1, 0.15) is 5.82 Å². The van der Waals surface area contributed by atoms with Crippen molar-refractivity contribution >= 4 is 29.2 Å². The van der Waals surface area contributed by atoms with Crippen LogP contribution in [-0.2, 0) is 4.74 Å². The quantitative estimate of drug-likeness (QED) is 0.852. The molecular weight excluding hydrogens is 262 g/mol. The Morgan fingerprint density at radius 3 is 3.16 bits per heavy atom. The minimum atomic E-state index is -0.382. The number of anilines is 2. The van der Waals surface area contributed by atoms with Crippen LogP contribution < -0.4 is 10.6 Å². The zero-order chi connectivity index (χ0) is 13.7. The van der Waals surface area contributed by atoms with Gasteiger partial charge in [0.2, 0.25) is 0 Å². The standard InChI is InChI=1S/C13H19N3O2S/c1-2-18-13(17)10-8-12(15-9-11(10)14)16-4-3-6-19-7-5-16/h8-9H,2-7,14H2,1H3. The van der Waals surface area contributed by atoms with Crippen molar-refractivity contribution in [1.82, 2.24) is 4.98 Å². The first-order valence-corrected chi connectivity index (χ1v) is 7.63. The van der Waals surface area contributed by atoms with E-state index in [4.69, 9.17) is 10.5 Å². The number of hydrogen-bond donors (Lipinski definition) is 1. The lowest BCUT2D eigenvalue weighted by Gasteiger charge is -2.21. The number of thioether (sulfide) groups is 1. The number of nitrogens with zero attached hydrogens (tertiary/aromatic N) is 2. The fraction of sp³-hybridized carbons (Fsp3) is 0.538. The molecule has 1 aromatic heterocycles. The Hall–Kier alpha value is -1.43. The van der Waals surface area contributed by atoms with Crippen molar-refractivity contribution in [3.05, 3.63) is 17.8 Å². The summed E-state index contributed by atoms with van der Waals surface area (Å²) >= 11 is 1.95. The number of ether oxygens (including phenoxy) is 1. The molecule has 2 rings (SSSR count). The molecule has 0 saturated carbocycles. The summed E-state index contributed by atoms with van der Waals surface area (Å²) in [5, 5.41) is 0. The monoisotopic (exact) mass is 281 g/mol. The summed E-state index contributed by atoms with van der Waals surface area (Å²) in [5.74, 6) is 2.68. The molecule has 2 N–H and O–H groups in total. The summed E-state index contributed by atoms with van der Waals surface area (Å²) in [6.45, 7) is 4.04. The smallest absolute Gasteiger partial charge is 0.340 e. The van der Waals surface area contributed by atoms with Gasteiger partial charge >= 0.3 is 5.97 Å². The number of rotatable bonds is 3. The number of pyridine rings is 1. The molecule has 0 amide bonds. The predicted molar refractivity (Wildman–Crippen MR) is 78.8 cm³/mol. The Bertz CT molecular complexity index is 446. The molecule has 1 saturated heterocycles. The van der Waals surface area contributed by atoms with Gasteiger partial charge in [-0.25, -0.2) is 9.78 Å². The third-order valence-corrected chi connectivity index (χ3v) is 4.01. The van der Waals surface area contributed by atoms with E-state index in [0.29, 0.717) is 17.9 Å². The van der Waals surface area contributed by atoms with E-state index in [-0.39, 0.29) is 5.97 Å². The SMILES string of the molecule is CCOC(=O)c1cc(N2CCCSCC2)ncc1N. The molecule has 1 aliphatic rings. The maximum atomic E-state index is 11.8. The van der Waals surface area contributed by atoms with Gasteiger partial charge in [-0.15, -0.1) is 0 Å². The molecule has 6 heteroatoms. The highest BCUT2D eigenvalue weighted by atomic mass is 32.2. The minimum absolute atomic E-state index is 0.344. The Morgan fingerprint density at radius 2 is 2.37 bits per heavy atom. The molecule has 5 nitrogen and oxygen atoms in total. The van der Waals surface area contributed by atoms with Gasteiger partial charge in [0.05, 0.1) is 24.1 Å². The molecule has 0 spiro atoms. The van der Waals surface area contributed by atoms with Gasteiger partial charge in [0.25, 0.3) is 0 Å². The normalized spacial score (nSPS) is 15.9. The number of aromatic nitrogens is 1. The second-order valence-corrected chi connectivity index (χ2v) is 5.53. The van der Waals surface area contributed by atoms with Gasteiger partial charge in [-0.2, -0.15) is 11.8 Å². The molecule has 1 aromatic rings. The number of hydrogen-bond acceptors (Lipinski definition) is 6. The molecule has 0 aliphatic carbocycles. The van der Waals surface area contributed by atoms with E-state index in [1.54, 1.807) is 19.2 Å². The Morgan fingerprint density at radius 1 is 1.53 bits per heavy atom. The lowest BCUT2D eigenvalue weighted by molar-refractivity contribution is 0.0527. The highest BCUT2D eigenvalue weighted by molar-refractivity contribution is 7.99. The third kappa shape index (κ3) is 3.53.